The van der Waals surface area contributed by atoms with Crippen LogP contribution in [0.2, 0.25) is 0 Å². The van der Waals surface area contributed by atoms with Gasteiger partial charge in [-0.1, -0.05) is 28.1 Å². The van der Waals surface area contributed by atoms with Crippen molar-refractivity contribution >= 4 is 43.2 Å². The van der Waals surface area contributed by atoms with E-state index in [1.54, 1.807) is 11.3 Å². The van der Waals surface area contributed by atoms with Gasteiger partial charge < -0.3 is 5.11 Å². The van der Waals surface area contributed by atoms with E-state index in [1.807, 2.05) is 30.5 Å². The fourth-order valence-corrected chi connectivity index (χ4v) is 3.91. The standard InChI is InChI=1S/C13H12Br2OS/c1-8-2-3-11(12(15)4-8)13(16)6-10-5-9(14)7-17-10/h2-5,7,13,16H,6H2,1H3. The number of halogens is 2. The van der Waals surface area contributed by atoms with Gasteiger partial charge in [-0.05, 0) is 46.1 Å². The molecule has 4 heteroatoms. The van der Waals surface area contributed by atoms with Crippen molar-refractivity contribution in [1.29, 1.82) is 0 Å². The number of rotatable bonds is 3. The summed E-state index contributed by atoms with van der Waals surface area (Å²) in [5, 5.41) is 12.3. The maximum absolute atomic E-state index is 10.2. The largest absolute Gasteiger partial charge is 0.388 e. The lowest BCUT2D eigenvalue weighted by Crippen LogP contribution is -2.01. The fourth-order valence-electron chi connectivity index (χ4n) is 1.66. The van der Waals surface area contributed by atoms with Crippen LogP contribution in [0.15, 0.2) is 38.6 Å². The smallest absolute Gasteiger partial charge is 0.0849 e. The predicted octanol–water partition coefficient (Wildman–Crippen LogP) is 4.86. The third-order valence-electron chi connectivity index (χ3n) is 2.53. The first-order valence-corrected chi connectivity index (χ1v) is 7.70. The topological polar surface area (TPSA) is 20.2 Å². The summed E-state index contributed by atoms with van der Waals surface area (Å²) in [6.45, 7) is 2.04. The Morgan fingerprint density at radius 2 is 2.06 bits per heavy atom. The van der Waals surface area contributed by atoms with Crippen LogP contribution in [0.25, 0.3) is 0 Å². The molecule has 1 heterocycles. The zero-order chi connectivity index (χ0) is 12.4. The predicted molar refractivity (Wildman–Crippen MR) is 79.6 cm³/mol. The lowest BCUT2D eigenvalue weighted by Gasteiger charge is -2.12. The maximum atomic E-state index is 10.2. The minimum absolute atomic E-state index is 0.462. The van der Waals surface area contributed by atoms with E-state index >= 15 is 0 Å². The summed E-state index contributed by atoms with van der Waals surface area (Å²) in [5.74, 6) is 0. The number of aliphatic hydroxyl groups is 1. The molecule has 0 saturated heterocycles. The fraction of sp³-hybridized carbons (Fsp3) is 0.231. The van der Waals surface area contributed by atoms with Gasteiger partial charge in [0.15, 0.2) is 0 Å². The van der Waals surface area contributed by atoms with E-state index in [-0.39, 0.29) is 0 Å². The van der Waals surface area contributed by atoms with E-state index in [0.29, 0.717) is 6.42 Å². The lowest BCUT2D eigenvalue weighted by molar-refractivity contribution is 0.178. The molecule has 1 aromatic carbocycles. The van der Waals surface area contributed by atoms with E-state index in [2.05, 4.69) is 37.9 Å². The van der Waals surface area contributed by atoms with E-state index in [4.69, 9.17) is 0 Å². The van der Waals surface area contributed by atoms with Gasteiger partial charge in [-0.25, -0.2) is 0 Å². The minimum atomic E-state index is -0.462. The van der Waals surface area contributed by atoms with Gasteiger partial charge in [-0.3, -0.25) is 0 Å². The second kappa shape index (κ2) is 5.65. The number of aryl methyl sites for hydroxylation is 1. The van der Waals surface area contributed by atoms with E-state index in [1.165, 1.54) is 10.4 Å². The van der Waals surface area contributed by atoms with Crippen molar-refractivity contribution in [2.75, 3.05) is 0 Å². The molecule has 2 aromatic rings. The van der Waals surface area contributed by atoms with Crippen molar-refractivity contribution in [3.8, 4) is 0 Å². The monoisotopic (exact) mass is 374 g/mol. The summed E-state index contributed by atoms with van der Waals surface area (Å²) in [6.07, 6.45) is 0.188. The van der Waals surface area contributed by atoms with Crippen molar-refractivity contribution in [3.63, 3.8) is 0 Å². The van der Waals surface area contributed by atoms with Crippen LogP contribution in [0.1, 0.15) is 22.1 Å². The molecular formula is C13H12Br2OS. The Labute approximate surface area is 122 Å². The summed E-state index contributed by atoms with van der Waals surface area (Å²) in [4.78, 5) is 1.18. The SMILES string of the molecule is Cc1ccc(C(O)Cc2cc(Br)cs2)c(Br)c1. The lowest BCUT2D eigenvalue weighted by atomic mass is 10.0. The van der Waals surface area contributed by atoms with Crippen LogP contribution in [-0.2, 0) is 6.42 Å². The molecule has 1 atom stereocenters. The summed E-state index contributed by atoms with van der Waals surface area (Å²) in [5.41, 5.74) is 2.13. The van der Waals surface area contributed by atoms with Crippen LogP contribution < -0.4 is 0 Å². The van der Waals surface area contributed by atoms with Crippen molar-refractivity contribution < 1.29 is 5.11 Å². The molecule has 1 nitrogen and oxygen atoms in total. The molecule has 1 N–H and O–H groups in total. The van der Waals surface area contributed by atoms with Gasteiger partial charge in [0, 0.05) is 25.6 Å². The molecule has 0 radical (unpaired) electrons. The molecule has 90 valence electrons. The Kier molecular flexibility index (Phi) is 4.42. The van der Waals surface area contributed by atoms with Gasteiger partial charge >= 0.3 is 0 Å². The molecule has 0 aliphatic carbocycles. The van der Waals surface area contributed by atoms with E-state index in [0.717, 1.165) is 14.5 Å². The quantitative estimate of drug-likeness (QED) is 0.812. The third-order valence-corrected chi connectivity index (χ3v) is 4.94. The highest BCUT2D eigenvalue weighted by molar-refractivity contribution is 9.10. The average molecular weight is 376 g/mol. The third kappa shape index (κ3) is 3.41. The zero-order valence-corrected chi connectivity index (χ0v) is 13.3. The van der Waals surface area contributed by atoms with Crippen molar-refractivity contribution in [2.24, 2.45) is 0 Å². The molecule has 2 rings (SSSR count). The van der Waals surface area contributed by atoms with Gasteiger partial charge in [0.2, 0.25) is 0 Å². The second-order valence-corrected chi connectivity index (χ2v) is 6.74. The zero-order valence-electron chi connectivity index (χ0n) is 9.28. The molecule has 0 bridgehead atoms. The summed E-state index contributed by atoms with van der Waals surface area (Å²) >= 11 is 8.58. The number of aliphatic hydroxyl groups excluding tert-OH is 1. The summed E-state index contributed by atoms with van der Waals surface area (Å²) in [6, 6.07) is 8.08. The Bertz CT molecular complexity index is 522. The van der Waals surface area contributed by atoms with E-state index < -0.39 is 6.10 Å². The average Bonchev–Trinajstić information content (AvgIpc) is 2.63. The van der Waals surface area contributed by atoms with Crippen molar-refractivity contribution in [3.05, 3.63) is 54.6 Å². The first kappa shape index (κ1) is 13.3. The Morgan fingerprint density at radius 1 is 1.29 bits per heavy atom. The minimum Gasteiger partial charge on any atom is -0.388 e. The normalized spacial score (nSPS) is 12.7. The first-order chi connectivity index (χ1) is 8.06. The van der Waals surface area contributed by atoms with Crippen LogP contribution in [0.5, 0.6) is 0 Å². The maximum Gasteiger partial charge on any atom is 0.0849 e. The summed E-state index contributed by atoms with van der Waals surface area (Å²) < 4.78 is 2.05. The van der Waals surface area contributed by atoms with Gasteiger partial charge in [-0.15, -0.1) is 11.3 Å². The molecular weight excluding hydrogens is 364 g/mol. The van der Waals surface area contributed by atoms with Gasteiger partial charge in [0.05, 0.1) is 6.10 Å². The molecule has 0 aliphatic rings. The Hall–Kier alpha value is -0.160. The number of hydrogen-bond donors (Lipinski definition) is 1. The molecule has 17 heavy (non-hydrogen) atoms. The summed E-state index contributed by atoms with van der Waals surface area (Å²) in [7, 11) is 0. The molecule has 0 spiro atoms. The van der Waals surface area contributed by atoms with Crippen molar-refractivity contribution in [2.45, 2.75) is 19.4 Å². The highest BCUT2D eigenvalue weighted by Crippen LogP contribution is 2.29. The van der Waals surface area contributed by atoms with Crippen LogP contribution >= 0.6 is 43.2 Å². The van der Waals surface area contributed by atoms with Crippen molar-refractivity contribution in [1.82, 2.24) is 0 Å². The number of thiophene rings is 1. The van der Waals surface area contributed by atoms with Crippen LogP contribution in [0, 0.1) is 6.92 Å². The number of benzene rings is 1. The Balaban J connectivity index is 2.17. The first-order valence-electron chi connectivity index (χ1n) is 5.23. The van der Waals surface area contributed by atoms with Crippen LogP contribution in [-0.4, -0.2) is 5.11 Å². The molecule has 0 aliphatic heterocycles. The Morgan fingerprint density at radius 3 is 2.65 bits per heavy atom. The highest BCUT2D eigenvalue weighted by Gasteiger charge is 2.13. The van der Waals surface area contributed by atoms with Gasteiger partial charge in [-0.2, -0.15) is 0 Å². The van der Waals surface area contributed by atoms with E-state index in [9.17, 15) is 5.11 Å². The molecule has 0 saturated carbocycles. The molecule has 1 unspecified atom stereocenters. The molecule has 0 fully saturated rings. The second-order valence-electron chi connectivity index (χ2n) is 3.98. The van der Waals surface area contributed by atoms with Gasteiger partial charge in [0.25, 0.3) is 0 Å². The van der Waals surface area contributed by atoms with Gasteiger partial charge in [0.1, 0.15) is 0 Å². The molecule has 0 amide bonds. The van der Waals surface area contributed by atoms with Crippen LogP contribution in [0.4, 0.5) is 0 Å². The molecule has 1 aromatic heterocycles. The van der Waals surface area contributed by atoms with Crippen LogP contribution in [0.3, 0.4) is 0 Å². The highest BCUT2D eigenvalue weighted by atomic mass is 79.9. The number of hydrogen-bond acceptors (Lipinski definition) is 2.